The molecule has 0 saturated heterocycles. The van der Waals surface area contributed by atoms with E-state index in [1.807, 2.05) is 0 Å². The van der Waals surface area contributed by atoms with Crippen LogP contribution < -0.4 is 10.5 Å². The van der Waals surface area contributed by atoms with Crippen molar-refractivity contribution in [3.05, 3.63) is 0 Å². The molecule has 7 heteroatoms. The summed E-state index contributed by atoms with van der Waals surface area (Å²) < 4.78 is 31.2. The van der Waals surface area contributed by atoms with E-state index in [0.29, 0.717) is 19.6 Å². The second kappa shape index (κ2) is 7.53. The molecule has 17 heavy (non-hydrogen) atoms. The second-order valence-electron chi connectivity index (χ2n) is 4.46. The van der Waals surface area contributed by atoms with Crippen LogP contribution >= 0.6 is 12.4 Å². The first kappa shape index (κ1) is 17.1. The molecule has 1 aliphatic carbocycles. The average molecular weight is 287 g/mol. The molecule has 1 rings (SSSR count). The van der Waals surface area contributed by atoms with Crippen LogP contribution in [0.15, 0.2) is 0 Å². The van der Waals surface area contributed by atoms with E-state index < -0.39 is 10.0 Å². The molecule has 0 aromatic rings. The Morgan fingerprint density at radius 1 is 1.35 bits per heavy atom. The number of sulfonamides is 1. The van der Waals surface area contributed by atoms with Crippen molar-refractivity contribution in [2.24, 2.45) is 5.73 Å². The summed E-state index contributed by atoms with van der Waals surface area (Å²) in [6, 6.07) is 0. The highest BCUT2D eigenvalue weighted by atomic mass is 35.5. The van der Waals surface area contributed by atoms with E-state index in [9.17, 15) is 8.42 Å². The first-order valence-corrected chi connectivity index (χ1v) is 7.39. The monoisotopic (exact) mass is 286 g/mol. The lowest BCUT2D eigenvalue weighted by Gasteiger charge is -2.28. The lowest BCUT2D eigenvalue weighted by molar-refractivity contribution is 0.199. The van der Waals surface area contributed by atoms with E-state index in [4.69, 9.17) is 10.5 Å². The van der Waals surface area contributed by atoms with Crippen molar-refractivity contribution < 1.29 is 13.2 Å². The summed E-state index contributed by atoms with van der Waals surface area (Å²) in [6.07, 6.45) is 4.34. The van der Waals surface area contributed by atoms with Crippen LogP contribution in [0.2, 0.25) is 0 Å². The molecule has 0 radical (unpaired) electrons. The van der Waals surface area contributed by atoms with Crippen molar-refractivity contribution in [1.29, 1.82) is 0 Å². The number of halogens is 1. The standard InChI is InChI=1S/C10H22N2O3S.ClH/c1-15-7-4-8-16(13,14)12-10(9-11)5-2-3-6-10;/h12H,2-9,11H2,1H3;1H. The summed E-state index contributed by atoms with van der Waals surface area (Å²) in [5.74, 6) is 0.114. The maximum Gasteiger partial charge on any atom is 0.212 e. The lowest BCUT2D eigenvalue weighted by Crippen LogP contribution is -2.52. The van der Waals surface area contributed by atoms with Gasteiger partial charge in [-0.2, -0.15) is 0 Å². The summed E-state index contributed by atoms with van der Waals surface area (Å²) in [5, 5.41) is 0. The van der Waals surface area contributed by atoms with Gasteiger partial charge in [0.25, 0.3) is 0 Å². The van der Waals surface area contributed by atoms with Crippen molar-refractivity contribution in [1.82, 2.24) is 4.72 Å². The maximum atomic E-state index is 11.8. The van der Waals surface area contributed by atoms with Gasteiger partial charge in [0, 0.05) is 25.8 Å². The third kappa shape index (κ3) is 5.52. The Balaban J connectivity index is 0.00000256. The Morgan fingerprint density at radius 3 is 2.41 bits per heavy atom. The molecule has 0 bridgehead atoms. The number of ether oxygens (including phenoxy) is 1. The van der Waals surface area contributed by atoms with Gasteiger partial charge >= 0.3 is 0 Å². The molecule has 5 nitrogen and oxygen atoms in total. The second-order valence-corrected chi connectivity index (χ2v) is 6.30. The SMILES string of the molecule is COCCCS(=O)(=O)NC1(CN)CCCC1.Cl. The molecule has 1 saturated carbocycles. The molecule has 0 aromatic carbocycles. The Morgan fingerprint density at radius 2 is 1.94 bits per heavy atom. The van der Waals surface area contributed by atoms with Crippen molar-refractivity contribution in [2.75, 3.05) is 26.0 Å². The van der Waals surface area contributed by atoms with Crippen LogP contribution in [0, 0.1) is 0 Å². The van der Waals surface area contributed by atoms with Gasteiger partial charge in [-0.15, -0.1) is 12.4 Å². The molecule has 3 N–H and O–H groups in total. The van der Waals surface area contributed by atoms with E-state index in [1.54, 1.807) is 7.11 Å². The minimum Gasteiger partial charge on any atom is -0.385 e. The number of hydrogen-bond donors (Lipinski definition) is 2. The first-order chi connectivity index (χ1) is 7.54. The van der Waals surface area contributed by atoms with E-state index in [-0.39, 0.29) is 23.7 Å². The number of nitrogens with one attached hydrogen (secondary N) is 1. The summed E-state index contributed by atoms with van der Waals surface area (Å²) in [6.45, 7) is 0.854. The molecule has 0 amide bonds. The van der Waals surface area contributed by atoms with Crippen LogP contribution in [0.25, 0.3) is 0 Å². The normalized spacial score (nSPS) is 18.9. The molecular weight excluding hydrogens is 264 g/mol. The molecular formula is C10H23ClN2O3S. The number of rotatable bonds is 7. The quantitative estimate of drug-likeness (QED) is 0.673. The topological polar surface area (TPSA) is 81.4 Å². The molecule has 104 valence electrons. The van der Waals surface area contributed by atoms with Gasteiger partial charge in [0.05, 0.1) is 5.75 Å². The van der Waals surface area contributed by atoms with E-state index >= 15 is 0 Å². The lowest BCUT2D eigenvalue weighted by atomic mass is 10.0. The molecule has 0 aromatic heterocycles. The highest BCUT2D eigenvalue weighted by Gasteiger charge is 2.35. The van der Waals surface area contributed by atoms with Gasteiger partial charge in [-0.3, -0.25) is 0 Å². The van der Waals surface area contributed by atoms with E-state index in [1.165, 1.54) is 0 Å². The summed E-state index contributed by atoms with van der Waals surface area (Å²) >= 11 is 0. The van der Waals surface area contributed by atoms with Gasteiger partial charge in [-0.05, 0) is 19.3 Å². The number of nitrogens with two attached hydrogens (primary N) is 1. The maximum absolute atomic E-state index is 11.8. The van der Waals surface area contributed by atoms with Crippen LogP contribution in [0.4, 0.5) is 0 Å². The van der Waals surface area contributed by atoms with Gasteiger partial charge < -0.3 is 10.5 Å². The van der Waals surface area contributed by atoms with Crippen LogP contribution in [0.5, 0.6) is 0 Å². The Labute approximate surface area is 110 Å². The number of hydrogen-bond acceptors (Lipinski definition) is 4. The molecule has 0 aliphatic heterocycles. The van der Waals surface area contributed by atoms with Gasteiger partial charge in [0.1, 0.15) is 0 Å². The van der Waals surface area contributed by atoms with E-state index in [0.717, 1.165) is 25.7 Å². The average Bonchev–Trinajstić information content (AvgIpc) is 2.66. The van der Waals surface area contributed by atoms with Crippen LogP contribution in [0.3, 0.4) is 0 Å². The molecule has 0 unspecified atom stereocenters. The minimum absolute atomic E-state index is 0. The fraction of sp³-hybridized carbons (Fsp3) is 1.00. The summed E-state index contributed by atoms with van der Waals surface area (Å²) in [7, 11) is -1.65. The van der Waals surface area contributed by atoms with Crippen molar-refractivity contribution in [2.45, 2.75) is 37.6 Å². The predicted molar refractivity (Wildman–Crippen MR) is 70.9 cm³/mol. The van der Waals surface area contributed by atoms with Crippen LogP contribution in [-0.4, -0.2) is 40.0 Å². The van der Waals surface area contributed by atoms with Crippen molar-refractivity contribution in [3.8, 4) is 0 Å². The van der Waals surface area contributed by atoms with Gasteiger partial charge in [0.15, 0.2) is 0 Å². The number of methoxy groups -OCH3 is 1. The molecule has 0 spiro atoms. The smallest absolute Gasteiger partial charge is 0.212 e. The van der Waals surface area contributed by atoms with E-state index in [2.05, 4.69) is 4.72 Å². The van der Waals surface area contributed by atoms with Crippen molar-refractivity contribution in [3.63, 3.8) is 0 Å². The largest absolute Gasteiger partial charge is 0.385 e. The zero-order valence-electron chi connectivity index (χ0n) is 10.3. The van der Waals surface area contributed by atoms with Gasteiger partial charge in [0.2, 0.25) is 10.0 Å². The van der Waals surface area contributed by atoms with Crippen LogP contribution in [-0.2, 0) is 14.8 Å². The zero-order valence-corrected chi connectivity index (χ0v) is 11.9. The Kier molecular flexibility index (Phi) is 7.58. The fourth-order valence-corrected chi connectivity index (χ4v) is 3.72. The first-order valence-electron chi connectivity index (χ1n) is 5.74. The van der Waals surface area contributed by atoms with Gasteiger partial charge in [-0.1, -0.05) is 12.8 Å². The third-order valence-corrected chi connectivity index (χ3v) is 4.66. The Bertz CT molecular complexity index is 303. The summed E-state index contributed by atoms with van der Waals surface area (Å²) in [5.41, 5.74) is 5.30. The minimum atomic E-state index is -3.22. The zero-order chi connectivity index (χ0) is 12.1. The Hall–Kier alpha value is 0.120. The predicted octanol–water partition coefficient (Wildman–Crippen LogP) is 0.636. The molecule has 0 heterocycles. The van der Waals surface area contributed by atoms with Gasteiger partial charge in [-0.25, -0.2) is 13.1 Å². The fourth-order valence-electron chi connectivity index (χ4n) is 2.17. The molecule has 1 fully saturated rings. The highest BCUT2D eigenvalue weighted by Crippen LogP contribution is 2.29. The highest BCUT2D eigenvalue weighted by molar-refractivity contribution is 7.89. The summed E-state index contributed by atoms with van der Waals surface area (Å²) in [4.78, 5) is 0. The molecule has 1 aliphatic rings. The van der Waals surface area contributed by atoms with Crippen molar-refractivity contribution >= 4 is 22.4 Å². The van der Waals surface area contributed by atoms with Crippen LogP contribution in [0.1, 0.15) is 32.1 Å². The third-order valence-electron chi connectivity index (χ3n) is 3.08. The molecule has 0 atom stereocenters.